The van der Waals surface area contributed by atoms with E-state index in [1.54, 1.807) is 0 Å². The second-order valence-corrected chi connectivity index (χ2v) is 3.77. The fraction of sp³-hybridized carbons (Fsp3) is 0.273. The third-order valence-corrected chi connectivity index (χ3v) is 2.29. The molecule has 0 bridgehead atoms. The van der Waals surface area contributed by atoms with Gasteiger partial charge in [-0.25, -0.2) is 13.6 Å². The van der Waals surface area contributed by atoms with E-state index in [4.69, 9.17) is 5.11 Å². The summed E-state index contributed by atoms with van der Waals surface area (Å²) in [6, 6.07) is 2.36. The van der Waals surface area contributed by atoms with Crippen LogP contribution in [0.15, 0.2) is 18.2 Å². The number of benzene rings is 1. The van der Waals surface area contributed by atoms with Gasteiger partial charge in [-0.15, -0.1) is 0 Å². The number of carboxylic acids is 1. The summed E-state index contributed by atoms with van der Waals surface area (Å²) in [5, 5.41) is 11.2. The van der Waals surface area contributed by atoms with E-state index in [1.165, 1.54) is 0 Å². The van der Waals surface area contributed by atoms with E-state index >= 15 is 0 Å². The molecular formula is C11H11F2NO3. The monoisotopic (exact) mass is 243 g/mol. The van der Waals surface area contributed by atoms with Crippen molar-refractivity contribution in [3.8, 4) is 0 Å². The molecule has 17 heavy (non-hydrogen) atoms. The van der Waals surface area contributed by atoms with Crippen molar-refractivity contribution in [2.45, 2.75) is 19.4 Å². The molecule has 0 spiro atoms. The molecule has 1 rings (SSSR count). The largest absolute Gasteiger partial charge is 0.479 e. The molecular weight excluding hydrogens is 232 g/mol. The van der Waals surface area contributed by atoms with Crippen LogP contribution < -0.4 is 5.32 Å². The quantitative estimate of drug-likeness (QED) is 0.843. The van der Waals surface area contributed by atoms with E-state index in [0.29, 0.717) is 6.07 Å². The number of nitrogens with one attached hydrogen (secondary N) is 1. The summed E-state index contributed by atoms with van der Waals surface area (Å²) in [4.78, 5) is 22.1. The number of hydrogen-bond acceptors (Lipinski definition) is 2. The van der Waals surface area contributed by atoms with Crippen LogP contribution in [0.2, 0.25) is 0 Å². The first-order valence-corrected chi connectivity index (χ1v) is 4.74. The maximum absolute atomic E-state index is 13.0. The summed E-state index contributed by atoms with van der Waals surface area (Å²) in [6.45, 7) is 2.28. The number of carbonyl (C=O) groups is 2. The highest BCUT2D eigenvalue weighted by Crippen LogP contribution is 2.23. The maximum atomic E-state index is 13.0. The molecule has 4 nitrogen and oxygen atoms in total. The molecule has 0 aliphatic carbocycles. The first-order chi connectivity index (χ1) is 7.75. The Kier molecular flexibility index (Phi) is 3.45. The SMILES string of the molecule is CC(=O)NC(C)(C(=O)O)c1cc(F)cc(F)c1. The van der Waals surface area contributed by atoms with Gasteiger partial charge in [0.1, 0.15) is 11.6 Å². The molecule has 92 valence electrons. The van der Waals surface area contributed by atoms with Crippen LogP contribution >= 0.6 is 0 Å². The molecule has 0 aliphatic heterocycles. The highest BCUT2D eigenvalue weighted by molar-refractivity contribution is 5.86. The molecule has 0 radical (unpaired) electrons. The minimum absolute atomic E-state index is 0.169. The van der Waals surface area contributed by atoms with Crippen molar-refractivity contribution < 1.29 is 23.5 Å². The number of rotatable bonds is 3. The third-order valence-electron chi connectivity index (χ3n) is 2.29. The zero-order valence-electron chi connectivity index (χ0n) is 9.25. The van der Waals surface area contributed by atoms with Crippen LogP contribution in [0.25, 0.3) is 0 Å². The summed E-state index contributed by atoms with van der Waals surface area (Å²) in [5.41, 5.74) is -2.04. The van der Waals surface area contributed by atoms with Crippen molar-refractivity contribution in [2.24, 2.45) is 0 Å². The number of aliphatic carboxylic acids is 1. The number of carbonyl (C=O) groups excluding carboxylic acids is 1. The summed E-state index contributed by atoms with van der Waals surface area (Å²) in [6.07, 6.45) is 0. The van der Waals surface area contributed by atoms with Gasteiger partial charge in [-0.3, -0.25) is 4.79 Å². The number of amides is 1. The van der Waals surface area contributed by atoms with E-state index in [0.717, 1.165) is 26.0 Å². The van der Waals surface area contributed by atoms with Crippen LogP contribution in [0, 0.1) is 11.6 Å². The lowest BCUT2D eigenvalue weighted by Gasteiger charge is -2.26. The molecule has 1 atom stereocenters. The Morgan fingerprint density at radius 2 is 1.71 bits per heavy atom. The highest BCUT2D eigenvalue weighted by Gasteiger charge is 2.36. The minimum Gasteiger partial charge on any atom is -0.479 e. The van der Waals surface area contributed by atoms with Crippen LogP contribution in [-0.2, 0) is 15.1 Å². The van der Waals surface area contributed by atoms with Crippen molar-refractivity contribution in [2.75, 3.05) is 0 Å². The first kappa shape index (κ1) is 13.1. The molecule has 0 heterocycles. The van der Waals surface area contributed by atoms with Gasteiger partial charge in [-0.2, -0.15) is 0 Å². The van der Waals surface area contributed by atoms with Gasteiger partial charge in [0.15, 0.2) is 5.54 Å². The van der Waals surface area contributed by atoms with Gasteiger partial charge in [-0.1, -0.05) is 0 Å². The minimum atomic E-state index is -1.87. The Morgan fingerprint density at radius 1 is 1.24 bits per heavy atom. The lowest BCUT2D eigenvalue weighted by molar-refractivity contribution is -0.147. The molecule has 0 aromatic heterocycles. The van der Waals surface area contributed by atoms with Crippen molar-refractivity contribution in [3.63, 3.8) is 0 Å². The smallest absolute Gasteiger partial charge is 0.333 e. The lowest BCUT2D eigenvalue weighted by Crippen LogP contribution is -2.48. The summed E-state index contributed by atoms with van der Waals surface area (Å²) in [7, 11) is 0. The molecule has 0 saturated heterocycles. The van der Waals surface area contributed by atoms with Crippen LogP contribution in [0.1, 0.15) is 19.4 Å². The molecule has 1 amide bonds. The molecule has 0 aliphatic rings. The zero-order chi connectivity index (χ0) is 13.2. The predicted octanol–water partition coefficient (Wildman–Crippen LogP) is 1.40. The molecule has 0 fully saturated rings. The number of carboxylic acid groups (broad SMARTS) is 1. The fourth-order valence-corrected chi connectivity index (χ4v) is 1.44. The van der Waals surface area contributed by atoms with Crippen molar-refractivity contribution in [1.82, 2.24) is 5.32 Å². The van der Waals surface area contributed by atoms with E-state index < -0.39 is 29.0 Å². The second-order valence-electron chi connectivity index (χ2n) is 3.77. The van der Waals surface area contributed by atoms with Crippen LogP contribution in [0.5, 0.6) is 0 Å². The van der Waals surface area contributed by atoms with Crippen LogP contribution in [0.3, 0.4) is 0 Å². The van der Waals surface area contributed by atoms with Gasteiger partial charge in [0, 0.05) is 13.0 Å². The third kappa shape index (κ3) is 2.77. The maximum Gasteiger partial charge on any atom is 0.333 e. The van der Waals surface area contributed by atoms with E-state index in [-0.39, 0.29) is 5.56 Å². The highest BCUT2D eigenvalue weighted by atomic mass is 19.1. The van der Waals surface area contributed by atoms with E-state index in [9.17, 15) is 18.4 Å². The average Bonchev–Trinajstić information content (AvgIpc) is 2.14. The van der Waals surface area contributed by atoms with Crippen molar-refractivity contribution in [3.05, 3.63) is 35.4 Å². The van der Waals surface area contributed by atoms with E-state index in [1.807, 2.05) is 0 Å². The summed E-state index contributed by atoms with van der Waals surface area (Å²) in [5.74, 6) is -3.83. The predicted molar refractivity (Wildman–Crippen MR) is 55.2 cm³/mol. The van der Waals surface area contributed by atoms with Gasteiger partial charge < -0.3 is 10.4 Å². The molecule has 1 aromatic carbocycles. The van der Waals surface area contributed by atoms with Crippen LogP contribution in [0.4, 0.5) is 8.78 Å². The topological polar surface area (TPSA) is 66.4 Å². The van der Waals surface area contributed by atoms with E-state index in [2.05, 4.69) is 5.32 Å². The normalized spacial score (nSPS) is 13.9. The van der Waals surface area contributed by atoms with Gasteiger partial charge in [0.25, 0.3) is 0 Å². The second kappa shape index (κ2) is 4.48. The first-order valence-electron chi connectivity index (χ1n) is 4.74. The summed E-state index contributed by atoms with van der Waals surface area (Å²) < 4.78 is 26.0. The average molecular weight is 243 g/mol. The lowest BCUT2D eigenvalue weighted by atomic mass is 9.92. The Bertz CT molecular complexity index is 456. The van der Waals surface area contributed by atoms with Gasteiger partial charge in [-0.05, 0) is 24.6 Å². The Balaban J connectivity index is 3.31. The summed E-state index contributed by atoms with van der Waals surface area (Å²) >= 11 is 0. The Morgan fingerprint density at radius 3 is 2.06 bits per heavy atom. The van der Waals surface area contributed by atoms with Gasteiger partial charge >= 0.3 is 5.97 Å². The standard InChI is InChI=1S/C11H11F2NO3/c1-6(15)14-11(2,10(16)17)7-3-8(12)5-9(13)4-7/h3-5H,1-2H3,(H,14,15)(H,16,17). The van der Waals surface area contributed by atoms with Crippen molar-refractivity contribution in [1.29, 1.82) is 0 Å². The van der Waals surface area contributed by atoms with Crippen LogP contribution in [-0.4, -0.2) is 17.0 Å². The van der Waals surface area contributed by atoms with Gasteiger partial charge in [0.05, 0.1) is 0 Å². The van der Waals surface area contributed by atoms with Gasteiger partial charge in [0.2, 0.25) is 5.91 Å². The molecule has 1 unspecified atom stereocenters. The molecule has 1 aromatic rings. The van der Waals surface area contributed by atoms with Crippen molar-refractivity contribution >= 4 is 11.9 Å². The Hall–Kier alpha value is -1.98. The molecule has 6 heteroatoms. The Labute approximate surface area is 96.3 Å². The number of hydrogen-bond donors (Lipinski definition) is 2. The molecule has 2 N–H and O–H groups in total. The fourth-order valence-electron chi connectivity index (χ4n) is 1.44. The zero-order valence-corrected chi connectivity index (χ0v) is 9.25. The number of halogens is 2. The molecule has 0 saturated carbocycles.